The first-order valence-corrected chi connectivity index (χ1v) is 7.06. The molecule has 21 heavy (non-hydrogen) atoms. The number of thiocarbonyl (C=S) groups is 1. The van der Waals surface area contributed by atoms with Gasteiger partial charge in [0.2, 0.25) is 0 Å². The van der Waals surface area contributed by atoms with E-state index in [1.807, 2.05) is 12.1 Å². The predicted octanol–water partition coefficient (Wildman–Crippen LogP) is 2.96. The third-order valence-electron chi connectivity index (χ3n) is 3.02. The van der Waals surface area contributed by atoms with E-state index in [1.165, 1.54) is 5.56 Å². The molecule has 0 aromatic heterocycles. The SMILES string of the molecule is CCc1ccc(C(=O)NC(=S)Nc2ccc(N)cc2)cc1. The molecular weight excluding hydrogens is 282 g/mol. The largest absolute Gasteiger partial charge is 0.399 e. The Morgan fingerprint density at radius 2 is 1.71 bits per heavy atom. The molecule has 0 bridgehead atoms. The highest BCUT2D eigenvalue weighted by Gasteiger charge is 2.07. The van der Waals surface area contributed by atoms with Crippen molar-refractivity contribution in [2.75, 3.05) is 11.1 Å². The lowest BCUT2D eigenvalue weighted by Gasteiger charge is -2.10. The molecule has 0 heterocycles. The third kappa shape index (κ3) is 4.29. The molecule has 0 unspecified atom stereocenters. The fourth-order valence-corrected chi connectivity index (χ4v) is 2.01. The van der Waals surface area contributed by atoms with Gasteiger partial charge in [-0.15, -0.1) is 0 Å². The van der Waals surface area contributed by atoms with Gasteiger partial charge in [-0.2, -0.15) is 0 Å². The molecule has 4 N–H and O–H groups in total. The third-order valence-corrected chi connectivity index (χ3v) is 3.22. The Morgan fingerprint density at radius 3 is 2.29 bits per heavy atom. The molecule has 108 valence electrons. The quantitative estimate of drug-likeness (QED) is 0.602. The lowest BCUT2D eigenvalue weighted by Crippen LogP contribution is -2.34. The highest BCUT2D eigenvalue weighted by molar-refractivity contribution is 7.80. The van der Waals surface area contributed by atoms with E-state index in [9.17, 15) is 4.79 Å². The summed E-state index contributed by atoms with van der Waals surface area (Å²) >= 11 is 5.12. The molecule has 2 aromatic rings. The van der Waals surface area contributed by atoms with Gasteiger partial charge in [0.25, 0.3) is 5.91 Å². The Hall–Kier alpha value is -2.40. The molecule has 0 saturated heterocycles. The van der Waals surface area contributed by atoms with E-state index in [-0.39, 0.29) is 11.0 Å². The van der Waals surface area contributed by atoms with E-state index in [0.29, 0.717) is 11.3 Å². The molecular formula is C16H17N3OS. The van der Waals surface area contributed by atoms with E-state index >= 15 is 0 Å². The van der Waals surface area contributed by atoms with E-state index in [0.717, 1.165) is 12.1 Å². The predicted molar refractivity (Wildman–Crippen MR) is 90.4 cm³/mol. The van der Waals surface area contributed by atoms with E-state index in [1.54, 1.807) is 36.4 Å². The number of amides is 1. The standard InChI is InChI=1S/C16H17N3OS/c1-2-11-3-5-12(6-4-11)15(20)19-16(21)18-14-9-7-13(17)8-10-14/h3-10H,2,17H2,1H3,(H2,18,19,20,21). The van der Waals surface area contributed by atoms with Crippen molar-refractivity contribution in [1.29, 1.82) is 0 Å². The first kappa shape index (κ1) is 15.0. The number of hydrogen-bond acceptors (Lipinski definition) is 3. The zero-order chi connectivity index (χ0) is 15.2. The van der Waals surface area contributed by atoms with E-state index in [2.05, 4.69) is 17.6 Å². The molecule has 0 saturated carbocycles. The van der Waals surface area contributed by atoms with Crippen LogP contribution in [0.2, 0.25) is 0 Å². The highest BCUT2D eigenvalue weighted by Crippen LogP contribution is 2.10. The monoisotopic (exact) mass is 299 g/mol. The van der Waals surface area contributed by atoms with Crippen molar-refractivity contribution in [1.82, 2.24) is 5.32 Å². The normalized spacial score (nSPS) is 9.95. The summed E-state index contributed by atoms with van der Waals surface area (Å²) in [6.07, 6.45) is 0.943. The molecule has 5 heteroatoms. The van der Waals surface area contributed by atoms with Gasteiger partial charge in [0.15, 0.2) is 5.11 Å². The summed E-state index contributed by atoms with van der Waals surface area (Å²) in [6, 6.07) is 14.6. The van der Waals surface area contributed by atoms with Crippen molar-refractivity contribution in [2.45, 2.75) is 13.3 Å². The molecule has 4 nitrogen and oxygen atoms in total. The summed E-state index contributed by atoms with van der Waals surface area (Å²) in [5.41, 5.74) is 8.82. The molecule has 0 aliphatic carbocycles. The molecule has 0 fully saturated rings. The number of carbonyl (C=O) groups is 1. The van der Waals surface area contributed by atoms with E-state index in [4.69, 9.17) is 18.0 Å². The molecule has 1 amide bonds. The van der Waals surface area contributed by atoms with Gasteiger partial charge in [-0.1, -0.05) is 19.1 Å². The van der Waals surface area contributed by atoms with Crippen LogP contribution >= 0.6 is 12.2 Å². The van der Waals surface area contributed by atoms with Gasteiger partial charge in [0.1, 0.15) is 0 Å². The van der Waals surface area contributed by atoms with E-state index < -0.39 is 0 Å². The zero-order valence-electron chi connectivity index (χ0n) is 11.7. The van der Waals surface area contributed by atoms with Gasteiger partial charge in [-0.05, 0) is 60.6 Å². The minimum atomic E-state index is -0.231. The number of nitrogen functional groups attached to an aromatic ring is 1. The van der Waals surface area contributed by atoms with Crippen LogP contribution in [0.1, 0.15) is 22.8 Å². The lowest BCUT2D eigenvalue weighted by molar-refractivity contribution is 0.0977. The molecule has 2 aromatic carbocycles. The number of hydrogen-bond donors (Lipinski definition) is 3. The van der Waals surface area contributed by atoms with Crippen LogP contribution in [-0.4, -0.2) is 11.0 Å². The second kappa shape index (κ2) is 6.85. The maximum absolute atomic E-state index is 12.0. The first-order valence-electron chi connectivity index (χ1n) is 6.65. The summed E-state index contributed by atoms with van der Waals surface area (Å²) in [6.45, 7) is 2.07. The molecule has 2 rings (SSSR count). The maximum atomic E-state index is 12.0. The van der Waals surface area contributed by atoms with Crippen LogP contribution in [0, 0.1) is 0 Å². The average Bonchev–Trinajstić information content (AvgIpc) is 2.49. The molecule has 0 radical (unpaired) electrons. The van der Waals surface area contributed by atoms with Crippen LogP contribution in [0.5, 0.6) is 0 Å². The maximum Gasteiger partial charge on any atom is 0.257 e. The van der Waals surface area contributed by atoms with Crippen LogP contribution in [0.4, 0.5) is 11.4 Å². The Bertz CT molecular complexity index is 636. The van der Waals surface area contributed by atoms with Crippen molar-refractivity contribution in [3.63, 3.8) is 0 Å². The lowest BCUT2D eigenvalue weighted by atomic mass is 10.1. The first-order chi connectivity index (χ1) is 10.1. The van der Waals surface area contributed by atoms with Crippen LogP contribution in [0.3, 0.4) is 0 Å². The van der Waals surface area contributed by atoms with Gasteiger partial charge in [-0.25, -0.2) is 0 Å². The molecule has 0 atom stereocenters. The zero-order valence-corrected chi connectivity index (χ0v) is 12.5. The summed E-state index contributed by atoms with van der Waals surface area (Å²) in [7, 11) is 0. The topological polar surface area (TPSA) is 67.2 Å². The van der Waals surface area contributed by atoms with Crippen molar-refractivity contribution in [3.8, 4) is 0 Å². The Morgan fingerprint density at radius 1 is 1.10 bits per heavy atom. The van der Waals surface area contributed by atoms with Crippen LogP contribution in [0.25, 0.3) is 0 Å². The Kier molecular flexibility index (Phi) is 4.90. The summed E-state index contributed by atoms with van der Waals surface area (Å²) in [5, 5.41) is 5.84. The smallest absolute Gasteiger partial charge is 0.257 e. The number of aryl methyl sites for hydroxylation is 1. The molecule has 0 spiro atoms. The van der Waals surface area contributed by atoms with Gasteiger partial charge >= 0.3 is 0 Å². The minimum Gasteiger partial charge on any atom is -0.399 e. The number of carbonyl (C=O) groups excluding carboxylic acids is 1. The highest BCUT2D eigenvalue weighted by atomic mass is 32.1. The van der Waals surface area contributed by atoms with Gasteiger partial charge in [0, 0.05) is 16.9 Å². The summed E-state index contributed by atoms with van der Waals surface area (Å²) < 4.78 is 0. The van der Waals surface area contributed by atoms with Crippen molar-refractivity contribution in [2.24, 2.45) is 0 Å². The van der Waals surface area contributed by atoms with Gasteiger partial charge < -0.3 is 11.1 Å². The van der Waals surface area contributed by atoms with Crippen molar-refractivity contribution >= 4 is 34.6 Å². The average molecular weight is 299 g/mol. The van der Waals surface area contributed by atoms with Gasteiger partial charge in [-0.3, -0.25) is 10.1 Å². The van der Waals surface area contributed by atoms with Crippen molar-refractivity contribution in [3.05, 3.63) is 59.7 Å². The summed E-state index contributed by atoms with van der Waals surface area (Å²) in [5.74, 6) is -0.231. The van der Waals surface area contributed by atoms with Crippen molar-refractivity contribution < 1.29 is 4.79 Å². The summed E-state index contributed by atoms with van der Waals surface area (Å²) in [4.78, 5) is 12.0. The number of nitrogens with one attached hydrogen (secondary N) is 2. The Labute approximate surface area is 129 Å². The number of nitrogens with two attached hydrogens (primary N) is 1. The van der Waals surface area contributed by atoms with Crippen LogP contribution in [0.15, 0.2) is 48.5 Å². The minimum absolute atomic E-state index is 0.231. The molecule has 0 aliphatic heterocycles. The van der Waals surface area contributed by atoms with Gasteiger partial charge in [0.05, 0.1) is 0 Å². The molecule has 0 aliphatic rings. The second-order valence-corrected chi connectivity index (χ2v) is 4.99. The number of anilines is 2. The number of rotatable bonds is 3. The fraction of sp³-hybridized carbons (Fsp3) is 0.125. The number of benzene rings is 2. The van der Waals surface area contributed by atoms with Crippen LogP contribution in [-0.2, 0) is 6.42 Å². The second-order valence-electron chi connectivity index (χ2n) is 4.58. The van der Waals surface area contributed by atoms with Crippen LogP contribution < -0.4 is 16.4 Å². The fourth-order valence-electron chi connectivity index (χ4n) is 1.80. The Balaban J connectivity index is 1.95.